The van der Waals surface area contributed by atoms with Gasteiger partial charge in [0, 0.05) is 0 Å². The molecule has 2 nitrogen and oxygen atoms in total. The van der Waals surface area contributed by atoms with Crippen LogP contribution in [0.2, 0.25) is 5.02 Å². The second kappa shape index (κ2) is 4.44. The van der Waals surface area contributed by atoms with Gasteiger partial charge in [-0.2, -0.15) is 0 Å². The van der Waals surface area contributed by atoms with Gasteiger partial charge >= 0.3 is 0 Å². The normalized spacial score (nSPS) is 10.4. The monoisotopic (exact) mass is 203 g/mol. The summed E-state index contributed by atoms with van der Waals surface area (Å²) in [6, 6.07) is 2.93. The number of rotatable bonds is 3. The fraction of sp³-hybridized carbons (Fsp3) is 0.333. The molecule has 4 heteroatoms. The third-order valence-electron chi connectivity index (χ3n) is 1.79. The molecule has 0 aromatic heterocycles. The Balaban J connectivity index is 2.90. The highest BCUT2D eigenvalue weighted by Crippen LogP contribution is 2.28. The van der Waals surface area contributed by atoms with Crippen molar-refractivity contribution in [1.29, 1.82) is 0 Å². The molecule has 0 unspecified atom stereocenters. The summed E-state index contributed by atoms with van der Waals surface area (Å²) in [6.45, 7) is 0.679. The number of phenolic OH excluding ortho intramolecular Hbond substituents is 1. The Morgan fingerprint density at radius 1 is 1.54 bits per heavy atom. The van der Waals surface area contributed by atoms with E-state index in [1.54, 1.807) is 7.05 Å². The maximum absolute atomic E-state index is 13.3. The molecule has 1 rings (SSSR count). The lowest BCUT2D eigenvalue weighted by molar-refractivity contribution is 0.468. The quantitative estimate of drug-likeness (QED) is 0.787. The average Bonchev–Trinajstić information content (AvgIpc) is 2.13. The molecule has 0 saturated carbocycles. The van der Waals surface area contributed by atoms with E-state index in [2.05, 4.69) is 5.32 Å². The molecule has 0 aliphatic carbocycles. The van der Waals surface area contributed by atoms with Crippen LogP contribution in [0, 0.1) is 5.82 Å². The van der Waals surface area contributed by atoms with Gasteiger partial charge < -0.3 is 10.4 Å². The summed E-state index contributed by atoms with van der Waals surface area (Å²) in [7, 11) is 1.79. The van der Waals surface area contributed by atoms with Crippen molar-refractivity contribution in [1.82, 2.24) is 5.32 Å². The van der Waals surface area contributed by atoms with E-state index in [4.69, 9.17) is 16.7 Å². The third-order valence-corrected chi connectivity index (χ3v) is 2.15. The van der Waals surface area contributed by atoms with E-state index in [9.17, 15) is 4.39 Å². The smallest absolute Gasteiger partial charge is 0.148 e. The van der Waals surface area contributed by atoms with Crippen LogP contribution in [-0.2, 0) is 6.42 Å². The molecule has 0 saturated heterocycles. The number of nitrogens with one attached hydrogen (secondary N) is 1. The van der Waals surface area contributed by atoms with Crippen molar-refractivity contribution in [3.8, 4) is 5.75 Å². The lowest BCUT2D eigenvalue weighted by atomic mass is 10.1. The first-order chi connectivity index (χ1) is 6.16. The molecule has 0 aliphatic rings. The number of phenols is 1. The van der Waals surface area contributed by atoms with E-state index in [-0.39, 0.29) is 10.8 Å². The van der Waals surface area contributed by atoms with Crippen molar-refractivity contribution in [3.05, 3.63) is 28.5 Å². The number of aromatic hydroxyl groups is 1. The topological polar surface area (TPSA) is 32.3 Å². The molecule has 0 amide bonds. The van der Waals surface area contributed by atoms with Gasteiger partial charge in [0.05, 0.1) is 0 Å². The standard InChI is InChI=1S/C9H11ClFNO/c1-12-5-4-6-2-3-7(13)8(10)9(6)11/h2-3,12-13H,4-5H2,1H3. The van der Waals surface area contributed by atoms with Gasteiger partial charge in [0.1, 0.15) is 16.6 Å². The van der Waals surface area contributed by atoms with Crippen LogP contribution in [0.25, 0.3) is 0 Å². The lowest BCUT2D eigenvalue weighted by Crippen LogP contribution is -2.11. The highest BCUT2D eigenvalue weighted by molar-refractivity contribution is 6.32. The van der Waals surface area contributed by atoms with Crippen LogP contribution in [0.5, 0.6) is 5.75 Å². The van der Waals surface area contributed by atoms with Crippen molar-refractivity contribution < 1.29 is 9.50 Å². The Labute approximate surface area is 81.3 Å². The van der Waals surface area contributed by atoms with Crippen molar-refractivity contribution in [2.24, 2.45) is 0 Å². The maximum Gasteiger partial charge on any atom is 0.148 e. The van der Waals surface area contributed by atoms with Gasteiger partial charge in [0.2, 0.25) is 0 Å². The zero-order valence-electron chi connectivity index (χ0n) is 7.27. The van der Waals surface area contributed by atoms with E-state index < -0.39 is 5.82 Å². The molecule has 0 aliphatic heterocycles. The van der Waals surface area contributed by atoms with Gasteiger partial charge in [0.15, 0.2) is 0 Å². The van der Waals surface area contributed by atoms with E-state index in [1.165, 1.54) is 12.1 Å². The molecule has 0 radical (unpaired) electrons. The fourth-order valence-electron chi connectivity index (χ4n) is 1.03. The number of hydrogen-bond acceptors (Lipinski definition) is 2. The van der Waals surface area contributed by atoms with Gasteiger partial charge in [-0.15, -0.1) is 0 Å². The van der Waals surface area contributed by atoms with Crippen LogP contribution in [0.4, 0.5) is 4.39 Å². The highest BCUT2D eigenvalue weighted by Gasteiger charge is 2.09. The predicted octanol–water partition coefficient (Wildman–Crippen LogP) is 1.95. The minimum absolute atomic E-state index is 0.200. The van der Waals surface area contributed by atoms with E-state index >= 15 is 0 Å². The highest BCUT2D eigenvalue weighted by atomic mass is 35.5. The van der Waals surface area contributed by atoms with Crippen LogP contribution in [-0.4, -0.2) is 18.7 Å². The Hall–Kier alpha value is -0.800. The Morgan fingerprint density at radius 3 is 2.85 bits per heavy atom. The minimum Gasteiger partial charge on any atom is -0.506 e. The largest absolute Gasteiger partial charge is 0.506 e. The van der Waals surface area contributed by atoms with E-state index in [1.807, 2.05) is 0 Å². The Kier molecular flexibility index (Phi) is 3.51. The zero-order chi connectivity index (χ0) is 9.84. The molecule has 0 fully saturated rings. The van der Waals surface area contributed by atoms with Crippen LogP contribution in [0.15, 0.2) is 12.1 Å². The SMILES string of the molecule is CNCCc1ccc(O)c(Cl)c1F. The lowest BCUT2D eigenvalue weighted by Gasteiger charge is -2.05. The number of benzene rings is 1. The molecule has 0 bridgehead atoms. The maximum atomic E-state index is 13.3. The molecule has 1 aromatic rings. The molecule has 13 heavy (non-hydrogen) atoms. The van der Waals surface area contributed by atoms with Crippen molar-refractivity contribution in [2.75, 3.05) is 13.6 Å². The Bertz CT molecular complexity index is 304. The second-order valence-corrected chi connectivity index (χ2v) is 3.10. The van der Waals surface area contributed by atoms with E-state index in [0.29, 0.717) is 18.5 Å². The van der Waals surface area contributed by atoms with Gasteiger partial charge in [-0.25, -0.2) is 4.39 Å². The molecule has 1 aromatic carbocycles. The molecule has 72 valence electrons. The molecule has 0 atom stereocenters. The summed E-state index contributed by atoms with van der Waals surface area (Å²) in [5.41, 5.74) is 0.511. The first-order valence-corrected chi connectivity index (χ1v) is 4.35. The molecule has 0 spiro atoms. The van der Waals surface area contributed by atoms with Gasteiger partial charge in [-0.3, -0.25) is 0 Å². The molecular formula is C9H11ClFNO. The number of likely N-dealkylation sites (N-methyl/N-ethyl adjacent to an activating group) is 1. The van der Waals surface area contributed by atoms with Crippen LogP contribution >= 0.6 is 11.6 Å². The number of halogens is 2. The summed E-state index contributed by atoms with van der Waals surface area (Å²) < 4.78 is 13.3. The van der Waals surface area contributed by atoms with Crippen LogP contribution in [0.1, 0.15) is 5.56 Å². The van der Waals surface area contributed by atoms with E-state index in [0.717, 1.165) is 0 Å². The summed E-state index contributed by atoms with van der Waals surface area (Å²) in [6.07, 6.45) is 0.558. The summed E-state index contributed by atoms with van der Waals surface area (Å²) in [5.74, 6) is -0.746. The zero-order valence-corrected chi connectivity index (χ0v) is 8.03. The first-order valence-electron chi connectivity index (χ1n) is 3.97. The second-order valence-electron chi connectivity index (χ2n) is 2.73. The number of hydrogen-bond donors (Lipinski definition) is 2. The van der Waals surface area contributed by atoms with Gasteiger partial charge in [0.25, 0.3) is 0 Å². The van der Waals surface area contributed by atoms with Gasteiger partial charge in [-0.05, 0) is 31.6 Å². The summed E-state index contributed by atoms with van der Waals surface area (Å²) in [5, 5.41) is 11.8. The van der Waals surface area contributed by atoms with Crippen molar-refractivity contribution in [2.45, 2.75) is 6.42 Å². The predicted molar refractivity (Wildman–Crippen MR) is 50.7 cm³/mol. The fourth-order valence-corrected chi connectivity index (χ4v) is 1.22. The van der Waals surface area contributed by atoms with Crippen LogP contribution < -0.4 is 5.32 Å². The molecular weight excluding hydrogens is 193 g/mol. The van der Waals surface area contributed by atoms with Crippen molar-refractivity contribution in [3.63, 3.8) is 0 Å². The first kappa shape index (κ1) is 10.3. The minimum atomic E-state index is -0.531. The van der Waals surface area contributed by atoms with Crippen LogP contribution in [0.3, 0.4) is 0 Å². The van der Waals surface area contributed by atoms with Crippen molar-refractivity contribution >= 4 is 11.6 Å². The summed E-state index contributed by atoms with van der Waals surface area (Å²) in [4.78, 5) is 0. The van der Waals surface area contributed by atoms with Gasteiger partial charge in [-0.1, -0.05) is 17.7 Å². The Morgan fingerprint density at radius 2 is 2.23 bits per heavy atom. The average molecular weight is 204 g/mol. The summed E-state index contributed by atoms with van der Waals surface area (Å²) >= 11 is 5.52. The molecule has 0 heterocycles. The molecule has 2 N–H and O–H groups in total. The third kappa shape index (κ3) is 2.32.